The SMILES string of the molecule is Cl.N#CCCCSC(=N)N. The summed E-state index contributed by atoms with van der Waals surface area (Å²) in [6, 6.07) is 2.02. The quantitative estimate of drug-likeness (QED) is 0.390. The van der Waals surface area contributed by atoms with Gasteiger partial charge in [0.15, 0.2) is 5.17 Å². The molecule has 0 aliphatic heterocycles. The molecule has 10 heavy (non-hydrogen) atoms. The van der Waals surface area contributed by atoms with Gasteiger partial charge in [-0.05, 0) is 6.42 Å². The molecule has 3 nitrogen and oxygen atoms in total. The number of hydrogen-bond donors (Lipinski definition) is 2. The molecule has 5 heteroatoms. The van der Waals surface area contributed by atoms with Crippen LogP contribution in [0, 0.1) is 16.7 Å². The third-order valence-corrected chi connectivity index (χ3v) is 1.49. The Balaban J connectivity index is 0. The maximum absolute atomic E-state index is 8.09. The molecule has 0 amide bonds. The van der Waals surface area contributed by atoms with Crippen LogP contribution in [0.3, 0.4) is 0 Å². The van der Waals surface area contributed by atoms with E-state index < -0.39 is 0 Å². The van der Waals surface area contributed by atoms with Crippen molar-refractivity contribution < 1.29 is 0 Å². The molecule has 0 saturated heterocycles. The molecule has 0 rings (SSSR count). The van der Waals surface area contributed by atoms with Crippen molar-refractivity contribution in [2.24, 2.45) is 5.73 Å². The first kappa shape index (κ1) is 12.3. The van der Waals surface area contributed by atoms with Crippen LogP contribution in [0.15, 0.2) is 0 Å². The second kappa shape index (κ2) is 8.60. The molecule has 0 bridgehead atoms. The fourth-order valence-corrected chi connectivity index (χ4v) is 0.842. The summed E-state index contributed by atoms with van der Waals surface area (Å²) in [7, 11) is 0. The van der Waals surface area contributed by atoms with E-state index in [-0.39, 0.29) is 17.6 Å². The molecule has 58 valence electrons. The van der Waals surface area contributed by atoms with Gasteiger partial charge in [-0.15, -0.1) is 12.4 Å². The number of halogens is 1. The first-order chi connectivity index (χ1) is 4.27. The van der Waals surface area contributed by atoms with Crippen molar-refractivity contribution in [3.05, 3.63) is 0 Å². The molecule has 3 N–H and O–H groups in total. The highest BCUT2D eigenvalue weighted by molar-refractivity contribution is 8.13. The fraction of sp³-hybridized carbons (Fsp3) is 0.600. The van der Waals surface area contributed by atoms with Crippen molar-refractivity contribution in [2.45, 2.75) is 12.8 Å². The minimum atomic E-state index is 0. The number of nitriles is 1. The van der Waals surface area contributed by atoms with Gasteiger partial charge in [-0.2, -0.15) is 5.26 Å². The van der Waals surface area contributed by atoms with Gasteiger partial charge < -0.3 is 5.73 Å². The Morgan fingerprint density at radius 3 is 2.70 bits per heavy atom. The Labute approximate surface area is 70.9 Å². The van der Waals surface area contributed by atoms with Gasteiger partial charge in [0.2, 0.25) is 0 Å². The van der Waals surface area contributed by atoms with E-state index in [1.807, 2.05) is 6.07 Å². The van der Waals surface area contributed by atoms with Crippen LogP contribution < -0.4 is 5.73 Å². The van der Waals surface area contributed by atoms with Crippen LogP contribution in [0.25, 0.3) is 0 Å². The largest absolute Gasteiger partial charge is 0.379 e. The highest BCUT2D eigenvalue weighted by Gasteiger charge is 1.89. The lowest BCUT2D eigenvalue weighted by Crippen LogP contribution is -2.04. The van der Waals surface area contributed by atoms with Gasteiger partial charge in [-0.3, -0.25) is 5.41 Å². The van der Waals surface area contributed by atoms with Crippen LogP contribution in [0.1, 0.15) is 12.8 Å². The number of unbranched alkanes of at least 4 members (excludes halogenated alkanes) is 1. The van der Waals surface area contributed by atoms with Crippen LogP contribution in [-0.4, -0.2) is 10.9 Å². The summed E-state index contributed by atoms with van der Waals surface area (Å²) in [6.45, 7) is 0. The molecule has 0 aromatic carbocycles. The van der Waals surface area contributed by atoms with E-state index in [0.29, 0.717) is 6.42 Å². The van der Waals surface area contributed by atoms with Crippen molar-refractivity contribution in [3.8, 4) is 6.07 Å². The molecule has 0 radical (unpaired) electrons. The fourth-order valence-electron chi connectivity index (χ4n) is 0.333. The Morgan fingerprint density at radius 1 is 1.70 bits per heavy atom. The van der Waals surface area contributed by atoms with Gasteiger partial charge in [0.25, 0.3) is 0 Å². The average Bonchev–Trinajstić information content (AvgIpc) is 1.80. The molecule has 0 aliphatic carbocycles. The molecular formula is C5H10ClN3S. The number of nitrogens with one attached hydrogen (secondary N) is 1. The zero-order chi connectivity index (χ0) is 7.11. The Kier molecular flexibility index (Phi) is 10.6. The van der Waals surface area contributed by atoms with Crippen molar-refractivity contribution in [1.82, 2.24) is 0 Å². The van der Waals surface area contributed by atoms with Crippen LogP contribution in [0.2, 0.25) is 0 Å². The number of rotatable bonds is 3. The Hall–Kier alpha value is -0.400. The number of thioether (sulfide) groups is 1. The van der Waals surface area contributed by atoms with Crippen LogP contribution in [0.5, 0.6) is 0 Å². The molecule has 0 fully saturated rings. The molecule has 0 atom stereocenters. The third-order valence-electron chi connectivity index (χ3n) is 0.690. The number of nitrogens with zero attached hydrogens (tertiary/aromatic N) is 1. The van der Waals surface area contributed by atoms with E-state index in [4.69, 9.17) is 16.4 Å². The van der Waals surface area contributed by atoms with Crippen molar-refractivity contribution >= 4 is 29.3 Å². The first-order valence-electron chi connectivity index (χ1n) is 2.61. The van der Waals surface area contributed by atoms with Crippen LogP contribution >= 0.6 is 24.2 Å². The summed E-state index contributed by atoms with van der Waals surface area (Å²) in [6.07, 6.45) is 1.38. The normalized spacial score (nSPS) is 7.50. The van der Waals surface area contributed by atoms with Crippen molar-refractivity contribution in [3.63, 3.8) is 0 Å². The number of nitrogens with two attached hydrogens (primary N) is 1. The number of amidine groups is 1. The Bertz CT molecular complexity index is 131. The van der Waals surface area contributed by atoms with Crippen molar-refractivity contribution in [2.75, 3.05) is 5.75 Å². The minimum Gasteiger partial charge on any atom is -0.379 e. The van der Waals surface area contributed by atoms with Gasteiger partial charge in [-0.1, -0.05) is 11.8 Å². The molecule has 0 unspecified atom stereocenters. The zero-order valence-corrected chi connectivity index (χ0v) is 7.10. The van der Waals surface area contributed by atoms with Crippen molar-refractivity contribution in [1.29, 1.82) is 10.7 Å². The van der Waals surface area contributed by atoms with E-state index in [2.05, 4.69) is 0 Å². The minimum absolute atomic E-state index is 0. The number of hydrogen-bond acceptors (Lipinski definition) is 3. The maximum Gasteiger partial charge on any atom is 0.151 e. The van der Waals surface area contributed by atoms with E-state index in [1.165, 1.54) is 11.8 Å². The van der Waals surface area contributed by atoms with E-state index in [9.17, 15) is 0 Å². The Morgan fingerprint density at radius 2 is 2.30 bits per heavy atom. The van der Waals surface area contributed by atoms with E-state index in [0.717, 1.165) is 12.2 Å². The van der Waals surface area contributed by atoms with E-state index >= 15 is 0 Å². The second-order valence-electron chi connectivity index (χ2n) is 1.47. The summed E-state index contributed by atoms with van der Waals surface area (Å²) < 4.78 is 0. The molecule has 0 saturated carbocycles. The van der Waals surface area contributed by atoms with Gasteiger partial charge in [0.05, 0.1) is 6.07 Å². The van der Waals surface area contributed by atoms with E-state index in [1.54, 1.807) is 0 Å². The molecule has 0 aliphatic rings. The smallest absolute Gasteiger partial charge is 0.151 e. The molecule has 0 aromatic rings. The maximum atomic E-state index is 8.09. The summed E-state index contributed by atoms with van der Waals surface area (Å²) in [5.74, 6) is 0.781. The van der Waals surface area contributed by atoms with Crippen LogP contribution in [-0.2, 0) is 0 Å². The summed E-state index contributed by atoms with van der Waals surface area (Å²) in [4.78, 5) is 0. The van der Waals surface area contributed by atoms with Gasteiger partial charge >= 0.3 is 0 Å². The third kappa shape index (κ3) is 10.6. The summed E-state index contributed by atoms with van der Waals surface area (Å²) in [5, 5.41) is 15.0. The lowest BCUT2D eigenvalue weighted by molar-refractivity contribution is 0.984. The lowest BCUT2D eigenvalue weighted by atomic mass is 10.4. The summed E-state index contributed by atoms with van der Waals surface area (Å²) >= 11 is 1.28. The molecule has 0 aromatic heterocycles. The lowest BCUT2D eigenvalue weighted by Gasteiger charge is -1.92. The molecule has 0 heterocycles. The highest BCUT2D eigenvalue weighted by atomic mass is 35.5. The van der Waals surface area contributed by atoms with Crippen LogP contribution in [0.4, 0.5) is 0 Å². The zero-order valence-electron chi connectivity index (χ0n) is 5.46. The molecular weight excluding hydrogens is 170 g/mol. The van der Waals surface area contributed by atoms with Gasteiger partial charge in [0, 0.05) is 12.2 Å². The van der Waals surface area contributed by atoms with Gasteiger partial charge in [0.1, 0.15) is 0 Å². The average molecular weight is 180 g/mol. The summed E-state index contributed by atoms with van der Waals surface area (Å²) in [5.41, 5.74) is 5.04. The van der Waals surface area contributed by atoms with Gasteiger partial charge in [-0.25, -0.2) is 0 Å². The second-order valence-corrected chi connectivity index (χ2v) is 2.61. The highest BCUT2D eigenvalue weighted by Crippen LogP contribution is 2.01. The monoisotopic (exact) mass is 179 g/mol. The molecule has 0 spiro atoms. The standard InChI is InChI=1S/C5H9N3S.ClH/c6-3-1-2-4-9-5(7)8;/h1-2,4H2,(H3,7,8);1H. The topological polar surface area (TPSA) is 73.7 Å². The first-order valence-corrected chi connectivity index (χ1v) is 3.59. The predicted molar refractivity (Wildman–Crippen MR) is 46.5 cm³/mol. The predicted octanol–water partition coefficient (Wildman–Crippen LogP) is 1.34.